The molecule has 0 bridgehead atoms. The minimum absolute atomic E-state index is 0.0922. The second kappa shape index (κ2) is 5.51. The lowest BCUT2D eigenvalue weighted by molar-refractivity contribution is -0.137. The molecule has 1 fully saturated rings. The number of sulfonamides is 1. The lowest BCUT2D eigenvalue weighted by Crippen LogP contribution is -2.36. The van der Waals surface area contributed by atoms with E-state index in [-0.39, 0.29) is 18.2 Å². The molecule has 0 radical (unpaired) electrons. The first kappa shape index (κ1) is 15.6. The fourth-order valence-corrected chi connectivity index (χ4v) is 3.55. The number of halogens is 4. The summed E-state index contributed by atoms with van der Waals surface area (Å²) in [7, 11) is -4.20. The highest BCUT2D eigenvalue weighted by Crippen LogP contribution is 2.34. The molecule has 0 N–H and O–H groups in total. The van der Waals surface area contributed by atoms with Gasteiger partial charge in [0.05, 0.1) is 17.2 Å². The lowest BCUT2D eigenvalue weighted by Gasteiger charge is -2.25. The third kappa shape index (κ3) is 3.08. The van der Waals surface area contributed by atoms with Crippen LogP contribution in [0, 0.1) is 0 Å². The summed E-state index contributed by atoms with van der Waals surface area (Å²) in [5.41, 5.74) is -1.07. The minimum atomic E-state index is -4.64. The Hall–Kier alpha value is -0.830. The van der Waals surface area contributed by atoms with Crippen molar-refractivity contribution in [2.75, 3.05) is 13.2 Å². The second-order valence-corrected chi connectivity index (χ2v) is 6.42. The van der Waals surface area contributed by atoms with Gasteiger partial charge in [-0.15, -0.1) is 0 Å². The van der Waals surface area contributed by atoms with E-state index in [9.17, 15) is 21.6 Å². The average Bonchev–Trinajstić information content (AvgIpc) is 2.38. The van der Waals surface area contributed by atoms with Crippen molar-refractivity contribution in [1.82, 2.24) is 4.47 Å². The maximum atomic E-state index is 12.6. The number of hydrogen-bond acceptors (Lipinski definition) is 3. The first-order valence-electron chi connectivity index (χ1n) is 5.75. The smallest absolute Gasteiger partial charge is 0.284 e. The molecule has 1 aliphatic heterocycles. The topological polar surface area (TPSA) is 46.6 Å². The van der Waals surface area contributed by atoms with Crippen LogP contribution in [0.1, 0.15) is 18.4 Å². The molecule has 9 heteroatoms. The van der Waals surface area contributed by atoms with Crippen LogP contribution in [-0.2, 0) is 21.0 Å². The SMILES string of the molecule is O=S(=O)(c1cc(C(F)(F)F)ccc1Cl)N1CCCCO1. The molecule has 1 saturated heterocycles. The molecule has 0 unspecified atom stereocenters. The minimum Gasteiger partial charge on any atom is -0.284 e. The summed E-state index contributed by atoms with van der Waals surface area (Å²) >= 11 is 5.72. The van der Waals surface area contributed by atoms with Crippen molar-refractivity contribution < 1.29 is 26.4 Å². The number of hydroxylamine groups is 1. The van der Waals surface area contributed by atoms with Crippen molar-refractivity contribution >= 4 is 21.6 Å². The van der Waals surface area contributed by atoms with Gasteiger partial charge in [-0.25, -0.2) is 8.42 Å². The number of hydrogen-bond donors (Lipinski definition) is 0. The van der Waals surface area contributed by atoms with E-state index in [0.717, 1.165) is 12.1 Å². The van der Waals surface area contributed by atoms with E-state index in [0.29, 0.717) is 23.4 Å². The van der Waals surface area contributed by atoms with Crippen molar-refractivity contribution in [3.63, 3.8) is 0 Å². The largest absolute Gasteiger partial charge is 0.416 e. The molecule has 1 heterocycles. The maximum Gasteiger partial charge on any atom is 0.416 e. The zero-order valence-electron chi connectivity index (χ0n) is 10.2. The van der Waals surface area contributed by atoms with Crippen molar-refractivity contribution in [1.29, 1.82) is 0 Å². The van der Waals surface area contributed by atoms with Gasteiger partial charge < -0.3 is 0 Å². The Morgan fingerprint density at radius 2 is 1.95 bits per heavy atom. The average molecular weight is 330 g/mol. The predicted molar refractivity (Wildman–Crippen MR) is 65.5 cm³/mol. The van der Waals surface area contributed by atoms with Crippen LogP contribution < -0.4 is 0 Å². The molecule has 4 nitrogen and oxygen atoms in total. The van der Waals surface area contributed by atoms with Crippen LogP contribution in [-0.4, -0.2) is 26.0 Å². The first-order valence-corrected chi connectivity index (χ1v) is 7.57. The molecule has 20 heavy (non-hydrogen) atoms. The number of benzene rings is 1. The van der Waals surface area contributed by atoms with E-state index in [2.05, 4.69) is 0 Å². The molecule has 0 saturated carbocycles. The number of alkyl halides is 3. The second-order valence-electron chi connectivity index (χ2n) is 4.21. The van der Waals surface area contributed by atoms with Gasteiger partial charge in [0.1, 0.15) is 4.90 Å². The molecule has 0 aliphatic carbocycles. The Morgan fingerprint density at radius 3 is 2.50 bits per heavy atom. The highest BCUT2D eigenvalue weighted by Gasteiger charge is 2.35. The van der Waals surface area contributed by atoms with Gasteiger partial charge in [0, 0.05) is 6.54 Å². The molecule has 0 aromatic heterocycles. The predicted octanol–water partition coefficient (Wildman–Crippen LogP) is 3.07. The summed E-state index contributed by atoms with van der Waals surface area (Å²) in [6, 6.07) is 2.18. The van der Waals surface area contributed by atoms with Crippen LogP contribution in [0.15, 0.2) is 23.1 Å². The highest BCUT2D eigenvalue weighted by molar-refractivity contribution is 7.89. The van der Waals surface area contributed by atoms with E-state index in [1.165, 1.54) is 0 Å². The summed E-state index contributed by atoms with van der Waals surface area (Å²) in [6.45, 7) is 0.296. The van der Waals surface area contributed by atoms with Crippen LogP contribution in [0.25, 0.3) is 0 Å². The number of nitrogens with zero attached hydrogens (tertiary/aromatic N) is 1. The molecule has 1 aliphatic rings. The van der Waals surface area contributed by atoms with Crippen LogP contribution in [0.2, 0.25) is 5.02 Å². The van der Waals surface area contributed by atoms with Crippen molar-refractivity contribution in [2.24, 2.45) is 0 Å². The summed E-state index contributed by atoms with van der Waals surface area (Å²) in [5, 5.41) is -0.271. The third-order valence-electron chi connectivity index (χ3n) is 2.77. The van der Waals surface area contributed by atoms with Gasteiger partial charge in [0.25, 0.3) is 10.0 Å². The quantitative estimate of drug-likeness (QED) is 0.837. The molecule has 0 atom stereocenters. The van der Waals surface area contributed by atoms with Gasteiger partial charge in [0.15, 0.2) is 0 Å². The van der Waals surface area contributed by atoms with Gasteiger partial charge in [-0.05, 0) is 31.0 Å². The lowest BCUT2D eigenvalue weighted by atomic mass is 10.2. The highest BCUT2D eigenvalue weighted by atomic mass is 35.5. The monoisotopic (exact) mass is 329 g/mol. The van der Waals surface area contributed by atoms with E-state index < -0.39 is 26.7 Å². The molecule has 0 spiro atoms. The summed E-state index contributed by atoms with van der Waals surface area (Å²) < 4.78 is 63.1. The van der Waals surface area contributed by atoms with Crippen LogP contribution in [0.5, 0.6) is 0 Å². The van der Waals surface area contributed by atoms with Gasteiger partial charge in [-0.3, -0.25) is 4.84 Å². The van der Waals surface area contributed by atoms with Crippen LogP contribution in [0.3, 0.4) is 0 Å². The van der Waals surface area contributed by atoms with Gasteiger partial charge >= 0.3 is 6.18 Å². The Morgan fingerprint density at radius 1 is 1.25 bits per heavy atom. The van der Waals surface area contributed by atoms with E-state index in [4.69, 9.17) is 16.4 Å². The molecule has 2 rings (SSSR count). The van der Waals surface area contributed by atoms with Gasteiger partial charge in [-0.1, -0.05) is 16.1 Å². The standard InChI is InChI=1S/C11H11ClF3NO3S/c12-9-4-3-8(11(13,14)15)7-10(9)20(17,18)16-5-1-2-6-19-16/h3-4,7H,1-2,5-6H2. The normalized spacial score (nSPS) is 18.2. The van der Waals surface area contributed by atoms with Gasteiger partial charge in [0.2, 0.25) is 0 Å². The van der Waals surface area contributed by atoms with E-state index in [1.807, 2.05) is 0 Å². The number of rotatable bonds is 2. The van der Waals surface area contributed by atoms with E-state index >= 15 is 0 Å². The fraction of sp³-hybridized carbons (Fsp3) is 0.455. The Kier molecular flexibility index (Phi) is 4.29. The zero-order chi connectivity index (χ0) is 15.0. The fourth-order valence-electron chi connectivity index (χ4n) is 1.75. The molecular weight excluding hydrogens is 319 g/mol. The summed E-state index contributed by atoms with van der Waals surface area (Å²) in [5.74, 6) is 0. The van der Waals surface area contributed by atoms with Gasteiger partial charge in [-0.2, -0.15) is 13.2 Å². The Labute approximate surface area is 119 Å². The molecular formula is C11H11ClF3NO3S. The molecule has 1 aromatic carbocycles. The Balaban J connectivity index is 2.45. The third-order valence-corrected chi connectivity index (χ3v) is 4.93. The van der Waals surface area contributed by atoms with Crippen molar-refractivity contribution in [3.05, 3.63) is 28.8 Å². The molecule has 1 aromatic rings. The van der Waals surface area contributed by atoms with Crippen molar-refractivity contribution in [2.45, 2.75) is 23.9 Å². The van der Waals surface area contributed by atoms with Crippen LogP contribution >= 0.6 is 11.6 Å². The zero-order valence-corrected chi connectivity index (χ0v) is 11.7. The Bertz CT molecular complexity index is 597. The summed E-state index contributed by atoms with van der Waals surface area (Å²) in [4.78, 5) is 4.38. The molecule has 112 valence electrons. The first-order chi connectivity index (χ1) is 9.23. The summed E-state index contributed by atoms with van der Waals surface area (Å²) in [6.07, 6.45) is -3.37. The van der Waals surface area contributed by atoms with E-state index in [1.54, 1.807) is 0 Å². The van der Waals surface area contributed by atoms with Crippen molar-refractivity contribution in [3.8, 4) is 0 Å². The molecule has 0 amide bonds. The maximum absolute atomic E-state index is 12.6. The van der Waals surface area contributed by atoms with Crippen LogP contribution in [0.4, 0.5) is 13.2 Å².